The monoisotopic (exact) mass is 228 g/mol. The van der Waals surface area contributed by atoms with Crippen LogP contribution >= 0.6 is 0 Å². The Bertz CT molecular complexity index is 381. The Morgan fingerprint density at radius 1 is 1.18 bits per heavy atom. The quantitative estimate of drug-likeness (QED) is 0.777. The van der Waals surface area contributed by atoms with E-state index in [0.29, 0.717) is 12.1 Å². The molecule has 1 heterocycles. The van der Waals surface area contributed by atoms with Crippen molar-refractivity contribution < 1.29 is 0 Å². The molecule has 0 amide bonds. The molecular weight excluding hydrogens is 208 g/mol. The van der Waals surface area contributed by atoms with E-state index < -0.39 is 0 Å². The molecule has 0 aromatic heterocycles. The van der Waals surface area contributed by atoms with Crippen molar-refractivity contribution in [2.75, 3.05) is 0 Å². The third-order valence-corrected chi connectivity index (χ3v) is 3.77. The Hall–Kier alpha value is -1.33. The fraction of sp³-hybridized carbons (Fsp3) is 0.533. The number of rotatable bonds is 2. The van der Waals surface area contributed by atoms with E-state index in [9.17, 15) is 0 Å². The van der Waals surface area contributed by atoms with Crippen molar-refractivity contribution >= 4 is 0 Å². The summed E-state index contributed by atoms with van der Waals surface area (Å²) in [6, 6.07) is 14.0. The zero-order valence-electron chi connectivity index (χ0n) is 10.6. The van der Waals surface area contributed by atoms with Gasteiger partial charge < -0.3 is 0 Å². The fourth-order valence-corrected chi connectivity index (χ4v) is 2.84. The van der Waals surface area contributed by atoms with Gasteiger partial charge in [-0.15, -0.1) is 0 Å². The molecule has 2 rings (SSSR count). The van der Waals surface area contributed by atoms with Gasteiger partial charge in [0.15, 0.2) is 0 Å². The summed E-state index contributed by atoms with van der Waals surface area (Å²) in [5.41, 5.74) is 1.36. The number of benzene rings is 1. The molecule has 1 aromatic carbocycles. The standard InChI is InChI=1S/C15H20N2/c1-12-8-15(10-16)9-13(2)17(12)11-14-6-4-3-5-7-14/h3-7,12-13,15H,8-9,11H2,1-2H3/t12-,13-/m1/s1. The summed E-state index contributed by atoms with van der Waals surface area (Å²) >= 11 is 0. The summed E-state index contributed by atoms with van der Waals surface area (Å²) < 4.78 is 0. The number of nitriles is 1. The molecule has 1 saturated heterocycles. The molecule has 2 heteroatoms. The lowest BCUT2D eigenvalue weighted by molar-refractivity contribution is 0.0774. The zero-order chi connectivity index (χ0) is 12.3. The smallest absolute Gasteiger partial charge is 0.0657 e. The Morgan fingerprint density at radius 2 is 1.76 bits per heavy atom. The van der Waals surface area contributed by atoms with Crippen molar-refractivity contribution in [2.24, 2.45) is 5.92 Å². The van der Waals surface area contributed by atoms with E-state index in [0.717, 1.165) is 19.4 Å². The topological polar surface area (TPSA) is 27.0 Å². The second-order valence-corrected chi connectivity index (χ2v) is 5.15. The summed E-state index contributed by atoms with van der Waals surface area (Å²) in [6.45, 7) is 5.48. The maximum atomic E-state index is 9.03. The van der Waals surface area contributed by atoms with E-state index in [-0.39, 0.29) is 5.92 Å². The SMILES string of the molecule is C[C@@H]1CC(C#N)C[C@@H](C)N1Cc1ccccc1. The molecular formula is C15H20N2. The number of piperidine rings is 1. The normalized spacial score (nSPS) is 29.8. The van der Waals surface area contributed by atoms with Crippen LogP contribution in [0.15, 0.2) is 30.3 Å². The second-order valence-electron chi connectivity index (χ2n) is 5.15. The van der Waals surface area contributed by atoms with Crippen LogP contribution in [0.1, 0.15) is 32.3 Å². The first-order valence-electron chi connectivity index (χ1n) is 6.40. The van der Waals surface area contributed by atoms with Gasteiger partial charge in [-0.2, -0.15) is 5.26 Å². The lowest BCUT2D eigenvalue weighted by atomic mass is 9.88. The predicted octanol–water partition coefficient (Wildman–Crippen LogP) is 3.20. The number of nitrogens with zero attached hydrogens (tertiary/aromatic N) is 2. The Kier molecular flexibility index (Phi) is 3.81. The van der Waals surface area contributed by atoms with E-state index in [4.69, 9.17) is 5.26 Å². The van der Waals surface area contributed by atoms with Crippen LogP contribution in [-0.4, -0.2) is 17.0 Å². The van der Waals surface area contributed by atoms with Crippen molar-refractivity contribution in [3.8, 4) is 6.07 Å². The van der Waals surface area contributed by atoms with Crippen LogP contribution in [0, 0.1) is 17.2 Å². The first kappa shape index (κ1) is 12.1. The van der Waals surface area contributed by atoms with Gasteiger partial charge in [0, 0.05) is 24.5 Å². The Balaban J connectivity index is 2.04. The number of likely N-dealkylation sites (tertiary alicyclic amines) is 1. The third kappa shape index (κ3) is 2.87. The van der Waals surface area contributed by atoms with Gasteiger partial charge in [0.1, 0.15) is 0 Å². The predicted molar refractivity (Wildman–Crippen MR) is 69.2 cm³/mol. The molecule has 17 heavy (non-hydrogen) atoms. The van der Waals surface area contributed by atoms with Gasteiger partial charge in [-0.3, -0.25) is 4.90 Å². The molecule has 0 spiro atoms. The van der Waals surface area contributed by atoms with Crippen molar-refractivity contribution in [2.45, 2.75) is 45.3 Å². The summed E-state index contributed by atoms with van der Waals surface area (Å²) in [4.78, 5) is 2.52. The van der Waals surface area contributed by atoms with E-state index in [1.165, 1.54) is 5.56 Å². The molecule has 0 bridgehead atoms. The molecule has 1 aliphatic heterocycles. The molecule has 0 saturated carbocycles. The van der Waals surface area contributed by atoms with Gasteiger partial charge >= 0.3 is 0 Å². The molecule has 2 atom stereocenters. The second kappa shape index (κ2) is 5.33. The van der Waals surface area contributed by atoms with E-state index >= 15 is 0 Å². The van der Waals surface area contributed by atoms with Crippen LogP contribution in [0.3, 0.4) is 0 Å². The number of hydrogen-bond acceptors (Lipinski definition) is 2. The minimum atomic E-state index is 0.243. The molecule has 2 nitrogen and oxygen atoms in total. The highest BCUT2D eigenvalue weighted by Crippen LogP contribution is 2.28. The van der Waals surface area contributed by atoms with Crippen LogP contribution in [0.4, 0.5) is 0 Å². The van der Waals surface area contributed by atoms with Gasteiger partial charge in [-0.25, -0.2) is 0 Å². The summed E-state index contributed by atoms with van der Waals surface area (Å²) in [7, 11) is 0. The van der Waals surface area contributed by atoms with Crippen molar-refractivity contribution in [3.05, 3.63) is 35.9 Å². The molecule has 0 aliphatic carbocycles. The summed E-state index contributed by atoms with van der Waals surface area (Å²) in [6.07, 6.45) is 2.02. The van der Waals surface area contributed by atoms with Crippen LogP contribution in [0.25, 0.3) is 0 Å². The minimum absolute atomic E-state index is 0.243. The van der Waals surface area contributed by atoms with Crippen molar-refractivity contribution in [1.29, 1.82) is 5.26 Å². The van der Waals surface area contributed by atoms with E-state index in [1.807, 2.05) is 0 Å². The lowest BCUT2D eigenvalue weighted by Gasteiger charge is -2.40. The molecule has 0 radical (unpaired) electrons. The summed E-state index contributed by atoms with van der Waals surface area (Å²) in [5.74, 6) is 0.243. The highest BCUT2D eigenvalue weighted by atomic mass is 15.2. The Morgan fingerprint density at radius 3 is 2.29 bits per heavy atom. The van der Waals surface area contributed by atoms with Gasteiger partial charge in [-0.05, 0) is 32.3 Å². The number of hydrogen-bond donors (Lipinski definition) is 0. The third-order valence-electron chi connectivity index (χ3n) is 3.77. The lowest BCUT2D eigenvalue weighted by Crippen LogP contribution is -2.45. The highest BCUT2D eigenvalue weighted by molar-refractivity contribution is 5.15. The maximum absolute atomic E-state index is 9.03. The van der Waals surface area contributed by atoms with Gasteiger partial charge in [-0.1, -0.05) is 30.3 Å². The Labute approximate surface area is 104 Å². The van der Waals surface area contributed by atoms with Crippen molar-refractivity contribution in [3.63, 3.8) is 0 Å². The van der Waals surface area contributed by atoms with Crippen LogP contribution in [0.5, 0.6) is 0 Å². The molecule has 1 aliphatic rings. The highest BCUT2D eigenvalue weighted by Gasteiger charge is 2.30. The van der Waals surface area contributed by atoms with E-state index in [1.54, 1.807) is 0 Å². The fourth-order valence-electron chi connectivity index (χ4n) is 2.84. The average Bonchev–Trinajstić information content (AvgIpc) is 2.35. The molecule has 0 unspecified atom stereocenters. The van der Waals surface area contributed by atoms with Crippen LogP contribution in [0.2, 0.25) is 0 Å². The van der Waals surface area contributed by atoms with Gasteiger partial charge in [0.25, 0.3) is 0 Å². The average molecular weight is 228 g/mol. The van der Waals surface area contributed by atoms with E-state index in [2.05, 4.69) is 55.1 Å². The first-order chi connectivity index (χ1) is 8.20. The van der Waals surface area contributed by atoms with Crippen LogP contribution < -0.4 is 0 Å². The maximum Gasteiger partial charge on any atom is 0.0657 e. The van der Waals surface area contributed by atoms with Gasteiger partial charge in [0.05, 0.1) is 6.07 Å². The van der Waals surface area contributed by atoms with Crippen molar-refractivity contribution in [1.82, 2.24) is 4.90 Å². The molecule has 1 aromatic rings. The van der Waals surface area contributed by atoms with Crippen LogP contribution in [-0.2, 0) is 6.54 Å². The van der Waals surface area contributed by atoms with Gasteiger partial charge in [0.2, 0.25) is 0 Å². The summed E-state index contributed by atoms with van der Waals surface area (Å²) in [5, 5.41) is 9.03. The zero-order valence-corrected chi connectivity index (χ0v) is 10.6. The largest absolute Gasteiger partial charge is 0.294 e. The molecule has 90 valence electrons. The molecule has 1 fully saturated rings. The first-order valence-corrected chi connectivity index (χ1v) is 6.40. The molecule has 0 N–H and O–H groups in total. The minimum Gasteiger partial charge on any atom is -0.294 e.